The van der Waals surface area contributed by atoms with Gasteiger partial charge in [-0.25, -0.2) is 4.79 Å². The highest BCUT2D eigenvalue weighted by Gasteiger charge is 2.01. The number of amides is 1. The first-order valence-electron chi connectivity index (χ1n) is 6.56. The molecule has 1 amide bonds. The van der Waals surface area contributed by atoms with Crippen LogP contribution < -0.4 is 5.32 Å². The van der Waals surface area contributed by atoms with Gasteiger partial charge in [-0.1, -0.05) is 30.7 Å². The first kappa shape index (κ1) is 13.3. The molecule has 0 aliphatic carbocycles. The second-order valence-corrected chi connectivity index (χ2v) is 4.56. The number of aromatic nitrogens is 1. The molecule has 0 saturated carbocycles. The maximum atomic E-state index is 10.3. The molecule has 2 aromatic rings. The van der Waals surface area contributed by atoms with Crippen molar-refractivity contribution in [3.8, 4) is 0 Å². The Kier molecular flexibility index (Phi) is 4.72. The quantitative estimate of drug-likeness (QED) is 0.782. The number of pyridine rings is 1. The lowest BCUT2D eigenvalue weighted by molar-refractivity contribution is 0.194. The molecule has 0 aliphatic rings. The summed E-state index contributed by atoms with van der Waals surface area (Å²) in [7, 11) is 0. The van der Waals surface area contributed by atoms with Crippen LogP contribution in [0.3, 0.4) is 0 Å². The number of nitrogens with one attached hydrogen (secondary N) is 1. The van der Waals surface area contributed by atoms with E-state index in [-0.39, 0.29) is 0 Å². The van der Waals surface area contributed by atoms with Crippen LogP contribution in [0.25, 0.3) is 10.8 Å². The molecule has 0 saturated heterocycles. The SMILES string of the molecule is O=C(O)NCCCCCc1cncc2ccccc12. The number of aryl methyl sites for hydroxylation is 1. The topological polar surface area (TPSA) is 62.2 Å². The molecular weight excluding hydrogens is 240 g/mol. The fourth-order valence-corrected chi connectivity index (χ4v) is 2.19. The molecule has 0 radical (unpaired) electrons. The van der Waals surface area contributed by atoms with Gasteiger partial charge < -0.3 is 10.4 Å². The zero-order chi connectivity index (χ0) is 13.5. The molecule has 1 aromatic carbocycles. The van der Waals surface area contributed by atoms with Crippen molar-refractivity contribution in [2.75, 3.05) is 6.54 Å². The molecular formula is C15H18N2O2. The van der Waals surface area contributed by atoms with Crippen LogP contribution >= 0.6 is 0 Å². The van der Waals surface area contributed by atoms with Crippen LogP contribution in [0.2, 0.25) is 0 Å². The fraction of sp³-hybridized carbons (Fsp3) is 0.333. The zero-order valence-electron chi connectivity index (χ0n) is 10.8. The number of benzene rings is 1. The summed E-state index contributed by atoms with van der Waals surface area (Å²) in [6, 6.07) is 8.26. The maximum absolute atomic E-state index is 10.3. The lowest BCUT2D eigenvalue weighted by Crippen LogP contribution is -2.21. The van der Waals surface area contributed by atoms with Gasteiger partial charge in [-0.15, -0.1) is 0 Å². The second kappa shape index (κ2) is 6.73. The minimum atomic E-state index is -0.946. The highest BCUT2D eigenvalue weighted by atomic mass is 16.4. The van der Waals surface area contributed by atoms with Gasteiger partial charge in [-0.05, 0) is 30.2 Å². The Bertz CT molecular complexity index is 549. The molecule has 0 spiro atoms. The molecule has 4 nitrogen and oxygen atoms in total. The van der Waals surface area contributed by atoms with Crippen molar-refractivity contribution >= 4 is 16.9 Å². The van der Waals surface area contributed by atoms with Gasteiger partial charge in [-0.3, -0.25) is 4.98 Å². The molecule has 0 atom stereocenters. The lowest BCUT2D eigenvalue weighted by atomic mass is 10.0. The van der Waals surface area contributed by atoms with E-state index < -0.39 is 6.09 Å². The van der Waals surface area contributed by atoms with E-state index in [0.717, 1.165) is 25.7 Å². The van der Waals surface area contributed by atoms with Crippen LogP contribution in [-0.4, -0.2) is 22.7 Å². The number of fused-ring (bicyclic) bond motifs is 1. The fourth-order valence-electron chi connectivity index (χ4n) is 2.19. The van der Waals surface area contributed by atoms with E-state index in [9.17, 15) is 4.79 Å². The van der Waals surface area contributed by atoms with Crippen LogP contribution in [0.5, 0.6) is 0 Å². The zero-order valence-corrected chi connectivity index (χ0v) is 10.8. The normalized spacial score (nSPS) is 10.5. The average molecular weight is 258 g/mol. The Morgan fingerprint density at radius 2 is 2.00 bits per heavy atom. The number of unbranched alkanes of at least 4 members (excludes halogenated alkanes) is 2. The number of carbonyl (C=O) groups is 1. The molecule has 0 unspecified atom stereocenters. The Morgan fingerprint density at radius 3 is 2.84 bits per heavy atom. The Balaban J connectivity index is 1.83. The highest BCUT2D eigenvalue weighted by molar-refractivity contribution is 5.84. The molecule has 0 bridgehead atoms. The summed E-state index contributed by atoms with van der Waals surface area (Å²) < 4.78 is 0. The Morgan fingerprint density at radius 1 is 1.16 bits per heavy atom. The average Bonchev–Trinajstić information content (AvgIpc) is 2.42. The van der Waals surface area contributed by atoms with Gasteiger partial charge in [0.1, 0.15) is 0 Å². The first-order chi connectivity index (χ1) is 9.27. The van der Waals surface area contributed by atoms with Gasteiger partial charge in [0, 0.05) is 24.3 Å². The van der Waals surface area contributed by atoms with Crippen LogP contribution in [-0.2, 0) is 6.42 Å². The van der Waals surface area contributed by atoms with Crippen molar-refractivity contribution in [1.82, 2.24) is 10.3 Å². The van der Waals surface area contributed by atoms with Crippen molar-refractivity contribution in [3.63, 3.8) is 0 Å². The summed E-state index contributed by atoms with van der Waals surface area (Å²) in [4.78, 5) is 14.5. The predicted octanol–water partition coefficient (Wildman–Crippen LogP) is 3.22. The first-order valence-corrected chi connectivity index (χ1v) is 6.56. The summed E-state index contributed by atoms with van der Waals surface area (Å²) in [5, 5.41) is 13.3. The molecule has 1 heterocycles. The smallest absolute Gasteiger partial charge is 0.404 e. The highest BCUT2D eigenvalue weighted by Crippen LogP contribution is 2.18. The maximum Gasteiger partial charge on any atom is 0.404 e. The van der Waals surface area contributed by atoms with Crippen molar-refractivity contribution in [1.29, 1.82) is 0 Å². The van der Waals surface area contributed by atoms with E-state index in [4.69, 9.17) is 5.11 Å². The second-order valence-electron chi connectivity index (χ2n) is 4.56. The predicted molar refractivity (Wildman–Crippen MR) is 75.3 cm³/mol. The van der Waals surface area contributed by atoms with Crippen LogP contribution in [0.15, 0.2) is 36.7 Å². The minimum Gasteiger partial charge on any atom is -0.465 e. The molecule has 19 heavy (non-hydrogen) atoms. The van der Waals surface area contributed by atoms with Gasteiger partial charge >= 0.3 is 6.09 Å². The molecule has 0 fully saturated rings. The summed E-state index contributed by atoms with van der Waals surface area (Å²) >= 11 is 0. The molecule has 2 rings (SSSR count). The number of carboxylic acid groups (broad SMARTS) is 1. The van der Waals surface area contributed by atoms with Crippen molar-refractivity contribution < 1.29 is 9.90 Å². The van der Waals surface area contributed by atoms with Crippen molar-refractivity contribution in [2.45, 2.75) is 25.7 Å². The van der Waals surface area contributed by atoms with Gasteiger partial charge in [0.2, 0.25) is 0 Å². The molecule has 100 valence electrons. The van der Waals surface area contributed by atoms with Crippen molar-refractivity contribution in [2.24, 2.45) is 0 Å². The molecule has 4 heteroatoms. The van der Waals surface area contributed by atoms with Crippen molar-refractivity contribution in [3.05, 3.63) is 42.2 Å². The van der Waals surface area contributed by atoms with E-state index in [1.807, 2.05) is 24.5 Å². The third-order valence-corrected chi connectivity index (χ3v) is 3.15. The van der Waals surface area contributed by atoms with Crippen LogP contribution in [0.1, 0.15) is 24.8 Å². The van der Waals surface area contributed by atoms with Gasteiger partial charge in [0.25, 0.3) is 0 Å². The summed E-state index contributed by atoms with van der Waals surface area (Å²) in [5.41, 5.74) is 1.27. The van der Waals surface area contributed by atoms with Gasteiger partial charge in [0.05, 0.1) is 0 Å². The van der Waals surface area contributed by atoms with E-state index in [1.165, 1.54) is 16.3 Å². The molecule has 2 N–H and O–H groups in total. The van der Waals surface area contributed by atoms with E-state index in [0.29, 0.717) is 6.54 Å². The third kappa shape index (κ3) is 3.95. The van der Waals surface area contributed by atoms with Crippen LogP contribution in [0, 0.1) is 0 Å². The Labute approximate surface area is 112 Å². The van der Waals surface area contributed by atoms with E-state index >= 15 is 0 Å². The minimum absolute atomic E-state index is 0.531. The number of hydrogen-bond acceptors (Lipinski definition) is 2. The monoisotopic (exact) mass is 258 g/mol. The Hall–Kier alpha value is -2.10. The number of rotatable bonds is 6. The standard InChI is InChI=1S/C15H18N2O2/c18-15(19)17-9-5-1-2-6-12-10-16-11-13-7-3-4-8-14(12)13/h3-4,7-8,10-11,17H,1-2,5-6,9H2,(H,18,19). The van der Waals surface area contributed by atoms with E-state index in [1.54, 1.807) is 0 Å². The van der Waals surface area contributed by atoms with Gasteiger partial charge in [-0.2, -0.15) is 0 Å². The van der Waals surface area contributed by atoms with E-state index in [2.05, 4.69) is 22.4 Å². The number of hydrogen-bond donors (Lipinski definition) is 2. The summed E-state index contributed by atoms with van der Waals surface area (Å²) in [5.74, 6) is 0. The van der Waals surface area contributed by atoms with Gasteiger partial charge in [0.15, 0.2) is 0 Å². The summed E-state index contributed by atoms with van der Waals surface area (Å²) in [6.07, 6.45) is 6.80. The van der Waals surface area contributed by atoms with Crippen LogP contribution in [0.4, 0.5) is 4.79 Å². The summed E-state index contributed by atoms with van der Waals surface area (Å²) in [6.45, 7) is 0.531. The largest absolute Gasteiger partial charge is 0.465 e. The molecule has 1 aromatic heterocycles. The third-order valence-electron chi connectivity index (χ3n) is 3.15. The lowest BCUT2D eigenvalue weighted by Gasteiger charge is -2.06. The number of nitrogens with zero attached hydrogens (tertiary/aromatic N) is 1. The molecule has 0 aliphatic heterocycles.